The highest BCUT2D eigenvalue weighted by molar-refractivity contribution is 7.89. The van der Waals surface area contributed by atoms with E-state index in [9.17, 15) is 22.4 Å². The van der Waals surface area contributed by atoms with Gasteiger partial charge < -0.3 is 15.4 Å². The summed E-state index contributed by atoms with van der Waals surface area (Å²) in [7, 11) is -3.94. The number of pyridine rings is 1. The number of rotatable bonds is 6. The lowest BCUT2D eigenvalue weighted by Crippen LogP contribution is -2.47. The smallest absolute Gasteiger partial charge is 0.309 e. The van der Waals surface area contributed by atoms with E-state index in [4.69, 9.17) is 4.74 Å². The number of benzene rings is 1. The minimum Gasteiger partial charge on any atom is -0.359 e. The molecule has 11 heteroatoms. The molecule has 154 valence electrons. The van der Waals surface area contributed by atoms with Crippen LogP contribution >= 0.6 is 0 Å². The van der Waals surface area contributed by atoms with Gasteiger partial charge in [-0.1, -0.05) is 0 Å². The number of amides is 2. The van der Waals surface area contributed by atoms with Gasteiger partial charge in [0, 0.05) is 25.5 Å². The second-order valence-corrected chi connectivity index (χ2v) is 8.03. The highest BCUT2D eigenvalue weighted by atomic mass is 32.2. The van der Waals surface area contributed by atoms with Crippen LogP contribution in [-0.4, -0.2) is 55.4 Å². The Morgan fingerprint density at radius 1 is 1.10 bits per heavy atom. The summed E-state index contributed by atoms with van der Waals surface area (Å²) < 4.78 is 44.9. The van der Waals surface area contributed by atoms with E-state index in [0.29, 0.717) is 0 Å². The fourth-order valence-corrected chi connectivity index (χ4v) is 4.22. The predicted molar refractivity (Wildman–Crippen MR) is 99.1 cm³/mol. The number of hydrogen-bond acceptors (Lipinski definition) is 6. The van der Waals surface area contributed by atoms with Gasteiger partial charge in [0.1, 0.15) is 12.0 Å². The number of carbonyl (C=O) groups is 2. The summed E-state index contributed by atoms with van der Waals surface area (Å²) in [6, 6.07) is 7.81. The maximum absolute atomic E-state index is 13.1. The summed E-state index contributed by atoms with van der Waals surface area (Å²) in [6.45, 7) is 0.158. The molecule has 1 atom stereocenters. The number of carbonyl (C=O) groups excluding carboxylic acids is 2. The van der Waals surface area contributed by atoms with Crippen LogP contribution in [0.25, 0.3) is 0 Å². The number of ether oxygens (including phenoxy) is 1. The van der Waals surface area contributed by atoms with Gasteiger partial charge in [0.25, 0.3) is 0 Å². The van der Waals surface area contributed by atoms with Gasteiger partial charge in [0.05, 0.1) is 18.0 Å². The number of hydrogen-bond donors (Lipinski definition) is 2. The monoisotopic (exact) mass is 422 g/mol. The van der Waals surface area contributed by atoms with Crippen molar-refractivity contribution in [2.24, 2.45) is 0 Å². The maximum atomic E-state index is 13.1. The zero-order valence-electron chi connectivity index (χ0n) is 15.2. The zero-order valence-corrected chi connectivity index (χ0v) is 16.1. The average Bonchev–Trinajstić information content (AvgIpc) is 3.21. The highest BCUT2D eigenvalue weighted by Gasteiger charge is 2.36. The number of aromatic nitrogens is 1. The predicted octanol–water partition coefficient (Wildman–Crippen LogP) is 0.000300. The Morgan fingerprint density at radius 3 is 2.45 bits per heavy atom. The van der Waals surface area contributed by atoms with Crippen molar-refractivity contribution in [2.75, 3.05) is 19.7 Å². The lowest BCUT2D eigenvalue weighted by Gasteiger charge is -2.22. The molecular formula is C18H19FN4O5S. The van der Waals surface area contributed by atoms with E-state index in [1.165, 1.54) is 0 Å². The van der Waals surface area contributed by atoms with Crippen LogP contribution in [0.1, 0.15) is 5.56 Å². The molecule has 1 aromatic carbocycles. The topological polar surface area (TPSA) is 118 Å². The second-order valence-electron chi connectivity index (χ2n) is 6.14. The summed E-state index contributed by atoms with van der Waals surface area (Å²) in [5.41, 5.74) is 0.775. The van der Waals surface area contributed by atoms with Crippen molar-refractivity contribution in [1.29, 1.82) is 0 Å². The van der Waals surface area contributed by atoms with Crippen molar-refractivity contribution in [2.45, 2.75) is 17.7 Å². The van der Waals surface area contributed by atoms with Crippen molar-refractivity contribution in [3.05, 3.63) is 60.2 Å². The van der Waals surface area contributed by atoms with Gasteiger partial charge in [-0.15, -0.1) is 0 Å². The molecule has 3 rings (SSSR count). The van der Waals surface area contributed by atoms with Gasteiger partial charge in [0.15, 0.2) is 0 Å². The number of nitrogens with zero attached hydrogens (tertiary/aromatic N) is 2. The third-order valence-electron chi connectivity index (χ3n) is 4.21. The molecule has 9 nitrogen and oxygen atoms in total. The van der Waals surface area contributed by atoms with E-state index in [-0.39, 0.29) is 31.1 Å². The summed E-state index contributed by atoms with van der Waals surface area (Å²) in [4.78, 5) is 27.7. The second kappa shape index (κ2) is 9.07. The molecule has 1 saturated heterocycles. The van der Waals surface area contributed by atoms with Gasteiger partial charge in [-0.25, -0.2) is 12.8 Å². The molecule has 0 bridgehead atoms. The van der Waals surface area contributed by atoms with Gasteiger partial charge in [-0.3, -0.25) is 14.6 Å². The van der Waals surface area contributed by atoms with Gasteiger partial charge in [0.2, 0.25) is 10.0 Å². The van der Waals surface area contributed by atoms with Crippen molar-refractivity contribution in [3.8, 4) is 0 Å². The Kier molecular flexibility index (Phi) is 6.52. The fraction of sp³-hybridized carbons (Fsp3) is 0.278. The molecule has 0 radical (unpaired) electrons. The molecule has 2 heterocycles. The molecule has 1 aliphatic heterocycles. The van der Waals surface area contributed by atoms with Crippen LogP contribution in [0.3, 0.4) is 0 Å². The standard InChI is InChI=1S/C18H19FN4O5S/c19-14-1-3-15(4-2-14)29(26,27)23-9-10-28-16(23)12-22-18(25)17(24)21-11-13-5-7-20-8-6-13/h1-8,16H,9-12H2,(H,21,24)(H,22,25)/t16-/m0/s1. The molecule has 1 aromatic heterocycles. The third kappa shape index (κ3) is 5.13. The van der Waals surface area contributed by atoms with Crippen LogP contribution in [-0.2, 0) is 30.9 Å². The van der Waals surface area contributed by atoms with E-state index in [1.54, 1.807) is 24.5 Å². The first-order valence-electron chi connectivity index (χ1n) is 8.72. The van der Waals surface area contributed by atoms with Crippen LogP contribution in [0.15, 0.2) is 53.7 Å². The number of nitrogens with one attached hydrogen (secondary N) is 2. The van der Waals surface area contributed by atoms with E-state index in [0.717, 1.165) is 34.1 Å². The Hall–Kier alpha value is -2.89. The zero-order chi connectivity index (χ0) is 20.9. The molecule has 2 amide bonds. The van der Waals surface area contributed by atoms with Crippen molar-refractivity contribution in [3.63, 3.8) is 0 Å². The minimum absolute atomic E-state index is 0.0779. The van der Waals surface area contributed by atoms with Crippen LogP contribution < -0.4 is 10.6 Å². The average molecular weight is 422 g/mol. The summed E-state index contributed by atoms with van der Waals surface area (Å²) in [5, 5.41) is 4.83. The normalized spacial score (nSPS) is 17.1. The lowest BCUT2D eigenvalue weighted by atomic mass is 10.3. The molecular weight excluding hydrogens is 403 g/mol. The minimum atomic E-state index is -3.94. The number of sulfonamides is 1. The molecule has 2 N–H and O–H groups in total. The van der Waals surface area contributed by atoms with Gasteiger partial charge in [-0.05, 0) is 42.0 Å². The summed E-state index contributed by atoms with van der Waals surface area (Å²) in [5.74, 6) is -2.32. The molecule has 0 unspecified atom stereocenters. The first-order chi connectivity index (χ1) is 13.9. The molecule has 1 aliphatic rings. The van der Waals surface area contributed by atoms with E-state index in [1.807, 2.05) is 0 Å². The van der Waals surface area contributed by atoms with Crippen molar-refractivity contribution < 1.29 is 27.1 Å². The molecule has 0 aliphatic carbocycles. The quantitative estimate of drug-likeness (QED) is 0.633. The molecule has 0 saturated carbocycles. The van der Waals surface area contributed by atoms with Gasteiger partial charge >= 0.3 is 11.8 Å². The SMILES string of the molecule is O=C(NCc1ccncc1)C(=O)NC[C@@H]1OCCN1S(=O)(=O)c1ccc(F)cc1. The molecule has 0 spiro atoms. The lowest BCUT2D eigenvalue weighted by molar-refractivity contribution is -0.139. The first kappa shape index (κ1) is 20.8. The molecule has 29 heavy (non-hydrogen) atoms. The van der Waals surface area contributed by atoms with Crippen LogP contribution in [0, 0.1) is 5.82 Å². The Bertz CT molecular complexity index is 970. The Labute approximate surface area is 166 Å². The van der Waals surface area contributed by atoms with Crippen LogP contribution in [0.4, 0.5) is 4.39 Å². The first-order valence-corrected chi connectivity index (χ1v) is 10.2. The Morgan fingerprint density at radius 2 is 1.76 bits per heavy atom. The van der Waals surface area contributed by atoms with Crippen molar-refractivity contribution in [1.82, 2.24) is 19.9 Å². The molecule has 2 aromatic rings. The van der Waals surface area contributed by atoms with Crippen molar-refractivity contribution >= 4 is 21.8 Å². The largest absolute Gasteiger partial charge is 0.359 e. The van der Waals surface area contributed by atoms with E-state index >= 15 is 0 Å². The van der Waals surface area contributed by atoms with Gasteiger partial charge in [-0.2, -0.15) is 4.31 Å². The van der Waals surface area contributed by atoms with E-state index in [2.05, 4.69) is 15.6 Å². The Balaban J connectivity index is 1.55. The summed E-state index contributed by atoms with van der Waals surface area (Å²) >= 11 is 0. The highest BCUT2D eigenvalue weighted by Crippen LogP contribution is 2.22. The third-order valence-corrected chi connectivity index (χ3v) is 6.11. The van der Waals surface area contributed by atoms with E-state index < -0.39 is 33.9 Å². The summed E-state index contributed by atoms with van der Waals surface area (Å²) in [6.07, 6.45) is 2.16. The fourth-order valence-electron chi connectivity index (χ4n) is 2.71. The van der Waals surface area contributed by atoms with Crippen LogP contribution in [0.5, 0.6) is 0 Å². The van der Waals surface area contributed by atoms with Crippen LogP contribution in [0.2, 0.25) is 0 Å². The number of halogens is 1. The maximum Gasteiger partial charge on any atom is 0.309 e. The molecule has 1 fully saturated rings.